The molecular formula is C12H16ClN3OS. The van der Waals surface area contributed by atoms with Crippen molar-refractivity contribution in [3.8, 4) is 0 Å². The highest BCUT2D eigenvalue weighted by Crippen LogP contribution is 2.10. The zero-order valence-corrected chi connectivity index (χ0v) is 11.8. The molecule has 0 aromatic carbocycles. The molecule has 0 fully saturated rings. The summed E-state index contributed by atoms with van der Waals surface area (Å²) in [6, 6.07) is 1.70. The van der Waals surface area contributed by atoms with Crippen LogP contribution in [0.25, 0.3) is 0 Å². The molecule has 6 heteroatoms. The molecule has 0 saturated heterocycles. The molecule has 0 aliphatic heterocycles. The minimum absolute atomic E-state index is 0.167. The van der Waals surface area contributed by atoms with E-state index in [0.717, 1.165) is 23.3 Å². The Morgan fingerprint density at radius 3 is 2.94 bits per heavy atom. The number of amides is 2. The largest absolute Gasteiger partial charge is 0.341 e. The van der Waals surface area contributed by atoms with Crippen molar-refractivity contribution in [2.45, 2.75) is 19.3 Å². The number of halogens is 1. The van der Waals surface area contributed by atoms with Crippen LogP contribution in [0.5, 0.6) is 0 Å². The quantitative estimate of drug-likeness (QED) is 0.623. The Bertz CT molecular complexity index is 426. The van der Waals surface area contributed by atoms with E-state index in [1.54, 1.807) is 19.4 Å². The lowest BCUT2D eigenvalue weighted by Crippen LogP contribution is -2.33. The monoisotopic (exact) mass is 285 g/mol. The fourth-order valence-electron chi connectivity index (χ4n) is 1.44. The Labute approximate surface area is 117 Å². The van der Waals surface area contributed by atoms with E-state index in [4.69, 9.17) is 23.8 Å². The van der Waals surface area contributed by atoms with E-state index in [1.807, 2.05) is 6.07 Å². The van der Waals surface area contributed by atoms with Gasteiger partial charge in [0.05, 0.1) is 5.02 Å². The molecule has 1 aromatic heterocycles. The first-order valence-corrected chi connectivity index (χ1v) is 6.47. The van der Waals surface area contributed by atoms with Gasteiger partial charge in [-0.1, -0.05) is 23.8 Å². The van der Waals surface area contributed by atoms with Crippen LogP contribution in [0.15, 0.2) is 18.5 Å². The van der Waals surface area contributed by atoms with Crippen LogP contribution in [0.3, 0.4) is 0 Å². The van der Waals surface area contributed by atoms with Crippen molar-refractivity contribution < 1.29 is 4.79 Å². The number of urea groups is 1. The maximum Gasteiger partial charge on any atom is 0.314 e. The predicted molar refractivity (Wildman–Crippen MR) is 77.2 cm³/mol. The molecule has 98 valence electrons. The molecule has 2 amide bonds. The lowest BCUT2D eigenvalue weighted by molar-refractivity contribution is 0.243. The maximum atomic E-state index is 10.9. The van der Waals surface area contributed by atoms with Gasteiger partial charge in [0.15, 0.2) is 0 Å². The zero-order chi connectivity index (χ0) is 13.4. The third-order valence-electron chi connectivity index (χ3n) is 2.31. The number of rotatable bonds is 6. The third kappa shape index (κ3) is 5.93. The summed E-state index contributed by atoms with van der Waals surface area (Å²) in [5, 5.41) is 5.83. The van der Waals surface area contributed by atoms with Crippen molar-refractivity contribution in [1.29, 1.82) is 0 Å². The van der Waals surface area contributed by atoms with Crippen LogP contribution in [0.1, 0.15) is 18.4 Å². The van der Waals surface area contributed by atoms with Gasteiger partial charge in [-0.25, -0.2) is 4.79 Å². The number of nitrogens with zero attached hydrogens (tertiary/aromatic N) is 1. The number of carbonyl (C=O) groups is 1. The molecule has 1 heterocycles. The van der Waals surface area contributed by atoms with Crippen LogP contribution in [-0.2, 0) is 6.42 Å². The fourth-order valence-corrected chi connectivity index (χ4v) is 1.95. The van der Waals surface area contributed by atoms with Gasteiger partial charge in [-0.15, -0.1) is 0 Å². The second-order valence-electron chi connectivity index (χ2n) is 3.84. The summed E-state index contributed by atoms with van der Waals surface area (Å²) in [5.74, 6) is 0. The fraction of sp³-hybridized carbons (Fsp3) is 0.417. The first kappa shape index (κ1) is 14.9. The van der Waals surface area contributed by atoms with E-state index >= 15 is 0 Å². The first-order chi connectivity index (χ1) is 8.61. The number of hydrogen-bond acceptors (Lipinski definition) is 3. The van der Waals surface area contributed by atoms with Gasteiger partial charge < -0.3 is 10.6 Å². The molecule has 18 heavy (non-hydrogen) atoms. The topological polar surface area (TPSA) is 54.0 Å². The predicted octanol–water partition coefficient (Wildman–Crippen LogP) is 2.36. The molecule has 0 bridgehead atoms. The number of nitrogens with one attached hydrogen (secondary N) is 2. The highest BCUT2D eigenvalue weighted by Gasteiger charge is 2.02. The molecular weight excluding hydrogens is 270 g/mol. The van der Waals surface area contributed by atoms with Crippen LogP contribution < -0.4 is 10.6 Å². The molecule has 1 aromatic rings. The number of carbonyl (C=O) groups excluding carboxylic acids is 1. The zero-order valence-electron chi connectivity index (χ0n) is 10.2. The van der Waals surface area contributed by atoms with Gasteiger partial charge in [0, 0.05) is 32.4 Å². The third-order valence-corrected chi connectivity index (χ3v) is 2.86. The standard InChI is InChI=1S/C12H16ClN3OS/c1-14-12(17)16-4-2-3-11(18)6-9-5-10(13)8-15-7-9/h5,7-8H,2-4,6H2,1H3,(H2,14,16,17). The number of hydrogen-bond donors (Lipinski definition) is 2. The van der Waals surface area contributed by atoms with E-state index in [2.05, 4.69) is 15.6 Å². The normalized spacial score (nSPS) is 9.89. The summed E-state index contributed by atoms with van der Waals surface area (Å²) in [7, 11) is 1.59. The van der Waals surface area contributed by atoms with E-state index in [1.165, 1.54) is 0 Å². The summed E-state index contributed by atoms with van der Waals surface area (Å²) in [5.41, 5.74) is 1.02. The molecule has 0 radical (unpaired) electrons. The number of thiocarbonyl (C=S) groups is 1. The summed E-state index contributed by atoms with van der Waals surface area (Å²) in [6.07, 6.45) is 5.69. The van der Waals surface area contributed by atoms with Gasteiger partial charge in [0.25, 0.3) is 0 Å². The van der Waals surface area contributed by atoms with Gasteiger partial charge >= 0.3 is 6.03 Å². The van der Waals surface area contributed by atoms with Crippen molar-refractivity contribution in [1.82, 2.24) is 15.6 Å². The van der Waals surface area contributed by atoms with Gasteiger partial charge in [-0.3, -0.25) is 4.98 Å². The summed E-state index contributed by atoms with van der Waals surface area (Å²) in [4.78, 5) is 15.9. The van der Waals surface area contributed by atoms with Crippen LogP contribution in [0, 0.1) is 0 Å². The molecule has 0 saturated carbocycles. The molecule has 0 aliphatic rings. The van der Waals surface area contributed by atoms with Gasteiger partial charge in [0.1, 0.15) is 0 Å². The van der Waals surface area contributed by atoms with E-state index < -0.39 is 0 Å². The van der Waals surface area contributed by atoms with Crippen LogP contribution in [-0.4, -0.2) is 29.5 Å². The summed E-state index contributed by atoms with van der Waals surface area (Å²) < 4.78 is 0. The van der Waals surface area contributed by atoms with Crippen molar-refractivity contribution >= 4 is 34.7 Å². The lowest BCUT2D eigenvalue weighted by Gasteiger charge is -2.06. The summed E-state index contributed by atoms with van der Waals surface area (Å²) >= 11 is 11.1. The van der Waals surface area contributed by atoms with E-state index in [9.17, 15) is 4.79 Å². The van der Waals surface area contributed by atoms with Crippen molar-refractivity contribution in [2.24, 2.45) is 0 Å². The molecule has 0 unspecified atom stereocenters. The molecule has 2 N–H and O–H groups in total. The van der Waals surface area contributed by atoms with Gasteiger partial charge in [-0.05, 0) is 29.3 Å². The Balaban J connectivity index is 2.24. The van der Waals surface area contributed by atoms with Crippen molar-refractivity contribution in [3.63, 3.8) is 0 Å². The van der Waals surface area contributed by atoms with E-state index in [0.29, 0.717) is 18.0 Å². The first-order valence-electron chi connectivity index (χ1n) is 5.68. The summed E-state index contributed by atoms with van der Waals surface area (Å²) in [6.45, 7) is 0.619. The molecule has 0 atom stereocenters. The molecule has 0 spiro atoms. The minimum Gasteiger partial charge on any atom is -0.341 e. The highest BCUT2D eigenvalue weighted by molar-refractivity contribution is 7.80. The highest BCUT2D eigenvalue weighted by atomic mass is 35.5. The molecule has 0 aliphatic carbocycles. The Kier molecular flexibility index (Phi) is 6.60. The Morgan fingerprint density at radius 1 is 1.50 bits per heavy atom. The molecule has 1 rings (SSSR count). The lowest BCUT2D eigenvalue weighted by atomic mass is 10.1. The van der Waals surface area contributed by atoms with Crippen molar-refractivity contribution in [3.05, 3.63) is 29.0 Å². The van der Waals surface area contributed by atoms with Crippen LogP contribution in [0.2, 0.25) is 5.02 Å². The molecule has 4 nitrogen and oxygen atoms in total. The number of pyridine rings is 1. The maximum absolute atomic E-state index is 10.9. The minimum atomic E-state index is -0.167. The Hall–Kier alpha value is -1.20. The smallest absolute Gasteiger partial charge is 0.314 e. The SMILES string of the molecule is CNC(=O)NCCCC(=S)Cc1cncc(Cl)c1. The second-order valence-corrected chi connectivity index (χ2v) is 4.85. The van der Waals surface area contributed by atoms with Gasteiger partial charge in [0.2, 0.25) is 0 Å². The van der Waals surface area contributed by atoms with Crippen molar-refractivity contribution in [2.75, 3.05) is 13.6 Å². The number of aromatic nitrogens is 1. The van der Waals surface area contributed by atoms with Gasteiger partial charge in [-0.2, -0.15) is 0 Å². The average molecular weight is 286 g/mol. The average Bonchev–Trinajstić information content (AvgIpc) is 2.34. The second kappa shape index (κ2) is 8.00. The van der Waals surface area contributed by atoms with Crippen LogP contribution >= 0.6 is 23.8 Å². The van der Waals surface area contributed by atoms with Crippen LogP contribution in [0.4, 0.5) is 4.79 Å². The van der Waals surface area contributed by atoms with E-state index in [-0.39, 0.29) is 6.03 Å². The Morgan fingerprint density at radius 2 is 2.28 bits per heavy atom.